The standard InChI is InChI=1S/C10H12Cl2N2O/c1-7(15)14(2)6-8-4-13-5-10(12)9(8)3-11/h4-5H,3,6H2,1-2H3. The number of pyridine rings is 1. The molecule has 0 unspecified atom stereocenters. The van der Waals surface area contributed by atoms with Gasteiger partial charge in [0.1, 0.15) is 0 Å². The van der Waals surface area contributed by atoms with Gasteiger partial charge >= 0.3 is 0 Å². The number of carbonyl (C=O) groups excluding carboxylic acids is 1. The lowest BCUT2D eigenvalue weighted by atomic mass is 10.1. The minimum absolute atomic E-state index is 0.00417. The van der Waals surface area contributed by atoms with E-state index in [-0.39, 0.29) is 5.91 Å². The van der Waals surface area contributed by atoms with Crippen LogP contribution < -0.4 is 0 Å². The van der Waals surface area contributed by atoms with E-state index in [1.807, 2.05) is 0 Å². The average molecular weight is 247 g/mol. The predicted molar refractivity (Wildman–Crippen MR) is 61.0 cm³/mol. The highest BCUT2D eigenvalue weighted by Crippen LogP contribution is 2.21. The van der Waals surface area contributed by atoms with Gasteiger partial charge in [-0.2, -0.15) is 0 Å². The first-order valence-corrected chi connectivity index (χ1v) is 5.36. The van der Waals surface area contributed by atoms with Gasteiger partial charge < -0.3 is 4.90 Å². The first kappa shape index (κ1) is 12.3. The van der Waals surface area contributed by atoms with E-state index in [4.69, 9.17) is 23.2 Å². The van der Waals surface area contributed by atoms with E-state index in [1.54, 1.807) is 24.3 Å². The molecule has 0 N–H and O–H groups in total. The van der Waals surface area contributed by atoms with Crippen LogP contribution in [0.25, 0.3) is 0 Å². The van der Waals surface area contributed by atoms with Crippen molar-refractivity contribution < 1.29 is 4.79 Å². The number of nitrogens with zero attached hydrogens (tertiary/aromatic N) is 2. The molecule has 1 rings (SSSR count). The van der Waals surface area contributed by atoms with Crippen LogP contribution in [-0.4, -0.2) is 22.8 Å². The lowest BCUT2D eigenvalue weighted by molar-refractivity contribution is -0.128. The molecule has 0 fully saturated rings. The van der Waals surface area contributed by atoms with Crippen LogP contribution in [0.5, 0.6) is 0 Å². The average Bonchev–Trinajstić information content (AvgIpc) is 2.18. The van der Waals surface area contributed by atoms with Crippen LogP contribution in [0.2, 0.25) is 5.02 Å². The highest BCUT2D eigenvalue weighted by molar-refractivity contribution is 6.32. The zero-order valence-corrected chi connectivity index (χ0v) is 10.1. The summed E-state index contributed by atoms with van der Waals surface area (Å²) >= 11 is 11.7. The van der Waals surface area contributed by atoms with Crippen LogP contribution in [0.15, 0.2) is 12.4 Å². The predicted octanol–water partition coefficient (Wildman–Crippen LogP) is 2.45. The highest BCUT2D eigenvalue weighted by Gasteiger charge is 2.10. The molecule has 0 aliphatic carbocycles. The van der Waals surface area contributed by atoms with Gasteiger partial charge in [0.2, 0.25) is 5.91 Å². The minimum Gasteiger partial charge on any atom is -0.342 e. The number of aromatic nitrogens is 1. The van der Waals surface area contributed by atoms with Gasteiger partial charge in [0.05, 0.1) is 5.02 Å². The van der Waals surface area contributed by atoms with Gasteiger partial charge in [-0.3, -0.25) is 9.78 Å². The molecule has 1 heterocycles. The Morgan fingerprint density at radius 2 is 2.20 bits per heavy atom. The van der Waals surface area contributed by atoms with Crippen molar-refractivity contribution in [2.45, 2.75) is 19.3 Å². The summed E-state index contributed by atoms with van der Waals surface area (Å²) in [5.41, 5.74) is 1.72. The van der Waals surface area contributed by atoms with Crippen molar-refractivity contribution in [3.05, 3.63) is 28.5 Å². The Hall–Kier alpha value is -0.800. The number of carbonyl (C=O) groups is 1. The fourth-order valence-corrected chi connectivity index (χ4v) is 1.78. The van der Waals surface area contributed by atoms with Gasteiger partial charge in [-0.15, -0.1) is 11.6 Å². The highest BCUT2D eigenvalue weighted by atomic mass is 35.5. The molecule has 3 nitrogen and oxygen atoms in total. The fraction of sp³-hybridized carbons (Fsp3) is 0.400. The first-order valence-electron chi connectivity index (χ1n) is 4.45. The third-order valence-electron chi connectivity index (χ3n) is 2.17. The van der Waals surface area contributed by atoms with Crippen LogP contribution in [0.1, 0.15) is 18.1 Å². The Morgan fingerprint density at radius 3 is 2.73 bits per heavy atom. The quantitative estimate of drug-likeness (QED) is 0.768. The molecule has 15 heavy (non-hydrogen) atoms. The molecule has 0 aliphatic heterocycles. The van der Waals surface area contributed by atoms with Crippen molar-refractivity contribution in [2.75, 3.05) is 7.05 Å². The Balaban J connectivity index is 2.94. The normalized spacial score (nSPS) is 10.1. The Kier molecular flexibility index (Phi) is 4.36. The van der Waals surface area contributed by atoms with Crippen molar-refractivity contribution in [1.29, 1.82) is 0 Å². The van der Waals surface area contributed by atoms with E-state index in [9.17, 15) is 4.79 Å². The maximum Gasteiger partial charge on any atom is 0.219 e. The molecule has 1 aromatic rings. The second kappa shape index (κ2) is 5.33. The topological polar surface area (TPSA) is 33.2 Å². The number of halogens is 2. The molecule has 1 amide bonds. The maximum absolute atomic E-state index is 11.1. The SMILES string of the molecule is CC(=O)N(C)Cc1cncc(Cl)c1CCl. The molecular weight excluding hydrogens is 235 g/mol. The van der Waals surface area contributed by atoms with E-state index < -0.39 is 0 Å². The Morgan fingerprint density at radius 1 is 1.53 bits per heavy atom. The summed E-state index contributed by atoms with van der Waals surface area (Å²) in [5.74, 6) is 0.318. The monoisotopic (exact) mass is 246 g/mol. The van der Waals surface area contributed by atoms with E-state index in [0.29, 0.717) is 17.4 Å². The van der Waals surface area contributed by atoms with Gasteiger partial charge in [-0.1, -0.05) is 11.6 Å². The van der Waals surface area contributed by atoms with Crippen molar-refractivity contribution in [3.63, 3.8) is 0 Å². The third-order valence-corrected chi connectivity index (χ3v) is 2.77. The van der Waals surface area contributed by atoms with Crippen molar-refractivity contribution >= 4 is 29.1 Å². The zero-order valence-electron chi connectivity index (χ0n) is 8.63. The smallest absolute Gasteiger partial charge is 0.219 e. The summed E-state index contributed by atoms with van der Waals surface area (Å²) < 4.78 is 0. The van der Waals surface area contributed by atoms with Crippen LogP contribution in [-0.2, 0) is 17.2 Å². The summed E-state index contributed by atoms with van der Waals surface area (Å²) in [4.78, 5) is 16.6. The second-order valence-corrected chi connectivity index (χ2v) is 3.94. The lowest BCUT2D eigenvalue weighted by Crippen LogP contribution is -2.23. The molecule has 0 bridgehead atoms. The number of amides is 1. The van der Waals surface area contributed by atoms with Crippen LogP contribution >= 0.6 is 23.2 Å². The van der Waals surface area contributed by atoms with E-state index >= 15 is 0 Å². The molecule has 0 saturated carbocycles. The third kappa shape index (κ3) is 3.08. The Bertz CT molecular complexity index is 368. The zero-order chi connectivity index (χ0) is 11.4. The van der Waals surface area contributed by atoms with Crippen LogP contribution in [0, 0.1) is 0 Å². The van der Waals surface area contributed by atoms with Gasteiger partial charge in [0.15, 0.2) is 0 Å². The van der Waals surface area contributed by atoms with Crippen LogP contribution in [0.4, 0.5) is 0 Å². The number of hydrogen-bond donors (Lipinski definition) is 0. The Labute approximate surface area is 99.0 Å². The maximum atomic E-state index is 11.1. The minimum atomic E-state index is -0.00417. The molecule has 5 heteroatoms. The molecule has 0 aromatic carbocycles. The van der Waals surface area contributed by atoms with Gasteiger partial charge in [0.25, 0.3) is 0 Å². The summed E-state index contributed by atoms with van der Waals surface area (Å²) in [7, 11) is 1.72. The van der Waals surface area contributed by atoms with Gasteiger partial charge in [-0.05, 0) is 11.1 Å². The second-order valence-electron chi connectivity index (χ2n) is 3.27. The molecule has 0 atom stereocenters. The lowest BCUT2D eigenvalue weighted by Gasteiger charge is -2.16. The van der Waals surface area contributed by atoms with Crippen LogP contribution in [0.3, 0.4) is 0 Å². The van der Waals surface area contributed by atoms with E-state index in [1.165, 1.54) is 6.92 Å². The number of hydrogen-bond acceptors (Lipinski definition) is 2. The first-order chi connectivity index (χ1) is 7.06. The summed E-state index contributed by atoms with van der Waals surface area (Å²) in [6.45, 7) is 1.99. The molecule has 0 saturated heterocycles. The molecule has 0 radical (unpaired) electrons. The van der Waals surface area contributed by atoms with Gasteiger partial charge in [-0.25, -0.2) is 0 Å². The molecule has 0 spiro atoms. The molecule has 0 aliphatic rings. The number of rotatable bonds is 3. The van der Waals surface area contributed by atoms with E-state index in [2.05, 4.69) is 4.98 Å². The molecule has 1 aromatic heterocycles. The molecular formula is C10H12Cl2N2O. The van der Waals surface area contributed by atoms with E-state index in [0.717, 1.165) is 11.1 Å². The van der Waals surface area contributed by atoms with Crippen molar-refractivity contribution in [3.8, 4) is 0 Å². The summed E-state index contributed by atoms with van der Waals surface area (Å²) in [5, 5.41) is 0.541. The summed E-state index contributed by atoms with van der Waals surface area (Å²) in [6.07, 6.45) is 3.24. The fourth-order valence-electron chi connectivity index (χ4n) is 1.15. The van der Waals surface area contributed by atoms with Crippen molar-refractivity contribution in [2.24, 2.45) is 0 Å². The summed E-state index contributed by atoms with van der Waals surface area (Å²) in [6, 6.07) is 0. The van der Waals surface area contributed by atoms with Gasteiger partial charge in [0, 0.05) is 38.8 Å². The number of alkyl halides is 1. The largest absolute Gasteiger partial charge is 0.342 e. The van der Waals surface area contributed by atoms with Crippen molar-refractivity contribution in [1.82, 2.24) is 9.88 Å². The molecule has 82 valence electrons.